The van der Waals surface area contributed by atoms with Crippen molar-refractivity contribution in [2.75, 3.05) is 0 Å². The van der Waals surface area contributed by atoms with Crippen LogP contribution in [0.4, 0.5) is 0 Å². The molecule has 1 aromatic rings. The summed E-state index contributed by atoms with van der Waals surface area (Å²) >= 11 is 6.59. The Kier molecular flexibility index (Phi) is 1.83. The zero-order valence-corrected chi connectivity index (χ0v) is 7.60. The molecule has 1 aromatic heterocycles. The molecule has 2 N–H and O–H groups in total. The first-order chi connectivity index (χ1) is 5.31. The second kappa shape index (κ2) is 2.69. The minimum atomic E-state index is 0.0962. The van der Waals surface area contributed by atoms with Gasteiger partial charge in [-0.3, -0.25) is 0 Å². The highest BCUT2D eigenvalue weighted by molar-refractivity contribution is 7.73. The summed E-state index contributed by atoms with van der Waals surface area (Å²) in [6, 6.07) is 0. The summed E-state index contributed by atoms with van der Waals surface area (Å²) in [7, 11) is 0. The van der Waals surface area contributed by atoms with Crippen molar-refractivity contribution in [3.63, 3.8) is 0 Å². The maximum Gasteiger partial charge on any atom is 0.158 e. The van der Waals surface area contributed by atoms with E-state index in [1.165, 1.54) is 17.7 Å². The van der Waals surface area contributed by atoms with Gasteiger partial charge in [0.05, 0.1) is 12.3 Å². The molecule has 0 amide bonds. The van der Waals surface area contributed by atoms with Gasteiger partial charge >= 0.3 is 0 Å². The fourth-order valence-corrected chi connectivity index (χ4v) is 2.57. The first-order valence-electron chi connectivity index (χ1n) is 3.64. The quantitative estimate of drug-likeness (QED) is 0.696. The predicted octanol–water partition coefficient (Wildman–Crippen LogP) is 2.18. The van der Waals surface area contributed by atoms with Crippen molar-refractivity contribution in [1.82, 2.24) is 4.98 Å². The van der Waals surface area contributed by atoms with Crippen molar-refractivity contribution < 1.29 is 5.11 Å². The zero-order valence-electron chi connectivity index (χ0n) is 5.96. The molecule has 1 heterocycles. The zero-order chi connectivity index (χ0) is 7.84. The lowest BCUT2D eigenvalue weighted by Crippen LogP contribution is -1.87. The van der Waals surface area contributed by atoms with Crippen molar-refractivity contribution in [2.24, 2.45) is 0 Å². The molecule has 4 heteroatoms. The van der Waals surface area contributed by atoms with E-state index in [4.69, 9.17) is 17.3 Å². The maximum absolute atomic E-state index is 8.94. The molecule has 11 heavy (non-hydrogen) atoms. The predicted molar refractivity (Wildman–Crippen MR) is 47.4 cm³/mol. The largest absolute Gasteiger partial charge is 0.390 e. The topological polar surface area (TPSA) is 36.0 Å². The summed E-state index contributed by atoms with van der Waals surface area (Å²) in [4.78, 5) is 4.27. The molecular formula is C7H9NOS2. The van der Waals surface area contributed by atoms with E-state index in [2.05, 4.69) is 4.98 Å². The summed E-state index contributed by atoms with van der Waals surface area (Å²) in [5.41, 5.74) is 0.933. The molecular weight excluding hydrogens is 178 g/mol. The number of aliphatic hydroxyl groups is 1. The minimum absolute atomic E-state index is 0.0962. The maximum atomic E-state index is 8.94. The molecule has 0 aromatic carbocycles. The Morgan fingerprint density at radius 1 is 1.64 bits per heavy atom. The number of nitrogens with one attached hydrogen (secondary N) is 1. The normalized spacial score (nSPS) is 17.2. The highest BCUT2D eigenvalue weighted by Gasteiger charge is 2.27. The van der Waals surface area contributed by atoms with Gasteiger partial charge in [0, 0.05) is 4.88 Å². The molecule has 0 spiro atoms. The summed E-state index contributed by atoms with van der Waals surface area (Å²) in [5, 5.41) is 8.94. The lowest BCUT2D eigenvalue weighted by molar-refractivity contribution is 0.276. The molecule has 0 saturated heterocycles. The van der Waals surface area contributed by atoms with E-state index in [1.807, 2.05) is 0 Å². The van der Waals surface area contributed by atoms with Gasteiger partial charge in [0.1, 0.15) is 0 Å². The van der Waals surface area contributed by atoms with Crippen molar-refractivity contribution in [3.05, 3.63) is 14.5 Å². The molecule has 60 valence electrons. The summed E-state index contributed by atoms with van der Waals surface area (Å²) in [6.45, 7) is 0.0962. The van der Waals surface area contributed by atoms with Crippen molar-refractivity contribution in [3.8, 4) is 0 Å². The van der Waals surface area contributed by atoms with Crippen LogP contribution < -0.4 is 0 Å². The average molecular weight is 187 g/mol. The van der Waals surface area contributed by atoms with Crippen LogP contribution in [0.2, 0.25) is 0 Å². The lowest BCUT2D eigenvalue weighted by Gasteiger charge is -1.93. The molecule has 1 aliphatic carbocycles. The number of hydrogen-bond donors (Lipinski definition) is 2. The van der Waals surface area contributed by atoms with Crippen LogP contribution in [-0.4, -0.2) is 10.1 Å². The van der Waals surface area contributed by atoms with Crippen LogP contribution in [0.1, 0.15) is 29.3 Å². The molecule has 1 aliphatic rings. The molecule has 1 fully saturated rings. The van der Waals surface area contributed by atoms with E-state index >= 15 is 0 Å². The highest BCUT2D eigenvalue weighted by Crippen LogP contribution is 2.43. The number of aromatic nitrogens is 1. The van der Waals surface area contributed by atoms with Crippen molar-refractivity contribution >= 4 is 23.6 Å². The Morgan fingerprint density at radius 2 is 2.36 bits per heavy atom. The Bertz CT molecular complexity index is 310. The molecule has 0 aliphatic heterocycles. The van der Waals surface area contributed by atoms with Crippen LogP contribution in [0.15, 0.2) is 0 Å². The molecule has 0 atom stereocenters. The third-order valence-electron chi connectivity index (χ3n) is 1.86. The van der Waals surface area contributed by atoms with E-state index in [9.17, 15) is 0 Å². The number of hydrogen-bond acceptors (Lipinski definition) is 3. The molecule has 0 radical (unpaired) electrons. The van der Waals surface area contributed by atoms with Gasteiger partial charge in [-0.25, -0.2) is 0 Å². The van der Waals surface area contributed by atoms with Gasteiger partial charge in [-0.05, 0) is 31.0 Å². The van der Waals surface area contributed by atoms with Gasteiger partial charge in [-0.1, -0.05) is 0 Å². The Morgan fingerprint density at radius 3 is 2.91 bits per heavy atom. The molecule has 0 unspecified atom stereocenters. The smallest absolute Gasteiger partial charge is 0.158 e. The van der Waals surface area contributed by atoms with Crippen molar-refractivity contribution in [1.29, 1.82) is 0 Å². The minimum Gasteiger partial charge on any atom is -0.390 e. The van der Waals surface area contributed by atoms with Crippen LogP contribution in [-0.2, 0) is 6.61 Å². The molecule has 0 bridgehead atoms. The van der Waals surface area contributed by atoms with Gasteiger partial charge in [0.2, 0.25) is 0 Å². The second-order valence-electron chi connectivity index (χ2n) is 2.79. The van der Waals surface area contributed by atoms with Gasteiger partial charge in [0.15, 0.2) is 3.95 Å². The van der Waals surface area contributed by atoms with Crippen LogP contribution in [0.5, 0.6) is 0 Å². The highest BCUT2D eigenvalue weighted by atomic mass is 32.1. The van der Waals surface area contributed by atoms with E-state index < -0.39 is 0 Å². The third kappa shape index (κ3) is 1.38. The third-order valence-corrected chi connectivity index (χ3v) is 3.30. The van der Waals surface area contributed by atoms with Crippen LogP contribution >= 0.6 is 23.6 Å². The first kappa shape index (κ1) is 7.46. The standard InChI is InChI=1S/C7H9NOS2/c9-3-5-6(4-1-2-4)11-7(10)8-5/h4,9H,1-3H2,(H,8,10). The summed E-state index contributed by atoms with van der Waals surface area (Å²) in [5.74, 6) is 0.690. The van der Waals surface area contributed by atoms with Crippen LogP contribution in [0, 0.1) is 3.95 Å². The van der Waals surface area contributed by atoms with Gasteiger partial charge in [-0.2, -0.15) is 0 Å². The number of H-pyrrole nitrogens is 1. The first-order valence-corrected chi connectivity index (χ1v) is 4.86. The fourth-order valence-electron chi connectivity index (χ4n) is 1.16. The number of aromatic amines is 1. The van der Waals surface area contributed by atoms with E-state index in [0.29, 0.717) is 5.92 Å². The Labute approximate surface area is 73.9 Å². The monoisotopic (exact) mass is 187 g/mol. The SMILES string of the molecule is OCc1[nH]c(=S)sc1C1CC1. The lowest BCUT2D eigenvalue weighted by atomic mass is 10.3. The summed E-state index contributed by atoms with van der Waals surface area (Å²) < 4.78 is 0.788. The summed E-state index contributed by atoms with van der Waals surface area (Å²) in [6.07, 6.45) is 2.52. The van der Waals surface area contributed by atoms with Crippen LogP contribution in [0.25, 0.3) is 0 Å². The van der Waals surface area contributed by atoms with E-state index in [1.54, 1.807) is 11.3 Å². The number of thiazole rings is 1. The Hall–Kier alpha value is -0.190. The van der Waals surface area contributed by atoms with Gasteiger partial charge in [-0.15, -0.1) is 11.3 Å². The van der Waals surface area contributed by atoms with Gasteiger partial charge < -0.3 is 10.1 Å². The van der Waals surface area contributed by atoms with E-state index in [-0.39, 0.29) is 6.61 Å². The molecule has 2 rings (SSSR count). The second-order valence-corrected chi connectivity index (χ2v) is 4.51. The van der Waals surface area contributed by atoms with Crippen molar-refractivity contribution in [2.45, 2.75) is 25.4 Å². The molecule has 1 saturated carbocycles. The van der Waals surface area contributed by atoms with Crippen LogP contribution in [0.3, 0.4) is 0 Å². The van der Waals surface area contributed by atoms with Gasteiger partial charge in [0.25, 0.3) is 0 Å². The van der Waals surface area contributed by atoms with E-state index in [0.717, 1.165) is 9.65 Å². The number of rotatable bonds is 2. The average Bonchev–Trinajstić information content (AvgIpc) is 2.75. The fraction of sp³-hybridized carbons (Fsp3) is 0.571. The molecule has 2 nitrogen and oxygen atoms in total. The number of aliphatic hydroxyl groups excluding tert-OH is 1. The Balaban J connectivity index is 2.42.